The van der Waals surface area contributed by atoms with Crippen molar-refractivity contribution in [1.82, 2.24) is 9.97 Å². The van der Waals surface area contributed by atoms with Gasteiger partial charge in [-0.1, -0.05) is 35.2 Å². The number of aromatic nitrogens is 2. The molecule has 0 unspecified atom stereocenters. The zero-order valence-corrected chi connectivity index (χ0v) is 15.1. The normalized spacial score (nSPS) is 15.5. The van der Waals surface area contributed by atoms with Gasteiger partial charge in [0.2, 0.25) is 5.28 Å². The van der Waals surface area contributed by atoms with Crippen LogP contribution in [0.2, 0.25) is 5.28 Å². The second kappa shape index (κ2) is 7.01. The van der Waals surface area contributed by atoms with Gasteiger partial charge in [0.1, 0.15) is 11.6 Å². The summed E-state index contributed by atoms with van der Waals surface area (Å²) in [6, 6.07) is 4.66. The molecule has 2 heterocycles. The Kier molecular flexibility index (Phi) is 4.99. The lowest BCUT2D eigenvalue weighted by Gasteiger charge is -2.25. The topological polar surface area (TPSA) is 38.2 Å². The van der Waals surface area contributed by atoms with E-state index in [1.165, 1.54) is 6.07 Å². The first-order valence-electron chi connectivity index (χ1n) is 7.20. The van der Waals surface area contributed by atoms with Gasteiger partial charge in [-0.15, -0.1) is 0 Å². The van der Waals surface area contributed by atoms with Crippen LogP contribution in [0.15, 0.2) is 53.2 Å². The second-order valence-corrected chi connectivity index (χ2v) is 6.42. The van der Waals surface area contributed by atoms with E-state index in [4.69, 9.17) is 16.3 Å². The zero-order chi connectivity index (χ0) is 17.3. The smallest absolute Gasteiger partial charge is 0.224 e. The number of anilines is 1. The Morgan fingerprint density at radius 1 is 1.42 bits per heavy atom. The minimum absolute atomic E-state index is 0.0518. The summed E-state index contributed by atoms with van der Waals surface area (Å²) in [4.78, 5) is 10.2. The molecule has 1 aromatic carbocycles. The largest absolute Gasteiger partial charge is 0.375 e. The molecule has 24 heavy (non-hydrogen) atoms. The molecule has 0 radical (unpaired) electrons. The number of allylic oxidation sites excluding steroid dienone is 1. The van der Waals surface area contributed by atoms with E-state index < -0.39 is 5.82 Å². The Bertz CT molecular complexity index is 868. The van der Waals surface area contributed by atoms with Crippen molar-refractivity contribution in [2.24, 2.45) is 0 Å². The summed E-state index contributed by atoms with van der Waals surface area (Å²) in [5, 5.41) is 0.360. The number of ether oxygens (including phenoxy) is 1. The summed E-state index contributed by atoms with van der Waals surface area (Å²) in [6.45, 7) is 9.08. The molecule has 1 aliphatic rings. The number of nitrogens with zero attached hydrogens (tertiary/aromatic N) is 3. The molecule has 1 aliphatic heterocycles. The van der Waals surface area contributed by atoms with Crippen LogP contribution in [0.3, 0.4) is 0 Å². The fourth-order valence-electron chi connectivity index (χ4n) is 2.65. The maximum Gasteiger partial charge on any atom is 0.224 e. The van der Waals surface area contributed by atoms with Gasteiger partial charge in [-0.2, -0.15) is 4.98 Å². The van der Waals surface area contributed by atoms with Crippen LogP contribution in [0.4, 0.5) is 10.2 Å². The quantitative estimate of drug-likeness (QED) is 0.693. The van der Waals surface area contributed by atoms with Crippen LogP contribution >= 0.6 is 27.5 Å². The third-order valence-corrected chi connectivity index (χ3v) is 4.36. The van der Waals surface area contributed by atoms with Gasteiger partial charge in [0.05, 0.1) is 24.1 Å². The molecule has 7 heteroatoms. The Labute approximate surface area is 152 Å². The number of fused-ring (bicyclic) bond motifs is 1. The van der Waals surface area contributed by atoms with Crippen molar-refractivity contribution in [3.05, 3.63) is 64.3 Å². The highest BCUT2D eigenvalue weighted by atomic mass is 79.9. The van der Waals surface area contributed by atoms with E-state index in [9.17, 15) is 4.39 Å². The van der Waals surface area contributed by atoms with Crippen molar-refractivity contribution in [1.29, 1.82) is 0 Å². The first kappa shape index (κ1) is 17.1. The van der Waals surface area contributed by atoms with Crippen LogP contribution < -0.4 is 4.90 Å². The van der Waals surface area contributed by atoms with Gasteiger partial charge in [-0.05, 0) is 29.8 Å². The predicted octanol–water partition coefficient (Wildman–Crippen LogP) is 4.61. The summed E-state index contributed by atoms with van der Waals surface area (Å²) in [6.07, 6.45) is 1.68. The molecule has 0 aliphatic carbocycles. The highest BCUT2D eigenvalue weighted by Gasteiger charge is 2.24. The van der Waals surface area contributed by atoms with Crippen molar-refractivity contribution in [2.75, 3.05) is 24.7 Å². The first-order chi connectivity index (χ1) is 11.5. The number of hydrogen-bond acceptors (Lipinski definition) is 4. The summed E-state index contributed by atoms with van der Waals surface area (Å²) >= 11 is 9.45. The van der Waals surface area contributed by atoms with E-state index in [0.717, 1.165) is 11.3 Å². The molecule has 3 rings (SSSR count). The summed E-state index contributed by atoms with van der Waals surface area (Å²) in [5.41, 5.74) is 2.01. The number of rotatable bonds is 3. The van der Waals surface area contributed by atoms with Crippen molar-refractivity contribution in [3.8, 4) is 0 Å². The van der Waals surface area contributed by atoms with E-state index in [1.54, 1.807) is 18.2 Å². The second-order valence-electron chi connectivity index (χ2n) is 5.13. The van der Waals surface area contributed by atoms with Gasteiger partial charge in [0.25, 0.3) is 0 Å². The van der Waals surface area contributed by atoms with E-state index >= 15 is 0 Å². The van der Waals surface area contributed by atoms with Crippen LogP contribution in [-0.2, 0) is 4.74 Å². The molecular formula is C17H14BrClFN3O. The molecular weight excluding hydrogens is 397 g/mol. The number of benzene rings is 1. The first-order valence-corrected chi connectivity index (χ1v) is 8.37. The standard InChI is InChI=1S/C17H14BrClFN3O/c1-3-14-11(10(2)18)9-24-8-7-23(14)16-15-12(20)5-4-6-13(15)21-17(19)22-16/h3-6H,1-2,7-9H2. The molecule has 0 amide bonds. The van der Waals surface area contributed by atoms with E-state index in [0.29, 0.717) is 41.0 Å². The fourth-order valence-corrected chi connectivity index (χ4v) is 3.14. The summed E-state index contributed by atoms with van der Waals surface area (Å²) in [5.74, 6) is -0.0262. The number of halogens is 3. The van der Waals surface area contributed by atoms with Gasteiger partial charge in [-0.25, -0.2) is 9.37 Å². The molecule has 0 saturated carbocycles. The Balaban J connectivity index is 2.30. The Morgan fingerprint density at radius 3 is 2.92 bits per heavy atom. The molecule has 1 aromatic heterocycles. The van der Waals surface area contributed by atoms with Gasteiger partial charge >= 0.3 is 0 Å². The molecule has 0 spiro atoms. The minimum Gasteiger partial charge on any atom is -0.375 e. The van der Waals surface area contributed by atoms with Crippen molar-refractivity contribution in [2.45, 2.75) is 0 Å². The Hall–Kier alpha value is -1.76. The maximum absolute atomic E-state index is 14.5. The van der Waals surface area contributed by atoms with Gasteiger partial charge < -0.3 is 9.64 Å². The molecule has 0 atom stereocenters. The zero-order valence-electron chi connectivity index (χ0n) is 12.7. The van der Waals surface area contributed by atoms with Crippen molar-refractivity contribution >= 4 is 44.3 Å². The van der Waals surface area contributed by atoms with Gasteiger partial charge in [-0.3, -0.25) is 0 Å². The minimum atomic E-state index is -0.410. The lowest BCUT2D eigenvalue weighted by atomic mass is 10.1. The molecule has 2 aromatic rings. The molecule has 0 fully saturated rings. The average Bonchev–Trinajstić information content (AvgIpc) is 2.76. The van der Waals surface area contributed by atoms with Crippen LogP contribution in [0.25, 0.3) is 10.9 Å². The van der Waals surface area contributed by atoms with Gasteiger partial charge in [0.15, 0.2) is 0 Å². The third-order valence-electron chi connectivity index (χ3n) is 3.71. The van der Waals surface area contributed by atoms with Crippen LogP contribution in [0.5, 0.6) is 0 Å². The van der Waals surface area contributed by atoms with E-state index in [1.807, 2.05) is 4.90 Å². The van der Waals surface area contributed by atoms with Crippen LogP contribution in [-0.4, -0.2) is 29.7 Å². The maximum atomic E-state index is 14.5. The lowest BCUT2D eigenvalue weighted by molar-refractivity contribution is 0.170. The lowest BCUT2D eigenvalue weighted by Crippen LogP contribution is -2.26. The average molecular weight is 411 g/mol. The van der Waals surface area contributed by atoms with Gasteiger partial charge in [0, 0.05) is 22.3 Å². The van der Waals surface area contributed by atoms with Crippen LogP contribution in [0.1, 0.15) is 0 Å². The van der Waals surface area contributed by atoms with E-state index in [2.05, 4.69) is 39.1 Å². The monoisotopic (exact) mass is 409 g/mol. The molecule has 0 bridgehead atoms. The summed E-state index contributed by atoms with van der Waals surface area (Å²) < 4.78 is 20.8. The Morgan fingerprint density at radius 2 is 2.21 bits per heavy atom. The molecule has 0 N–H and O–H groups in total. The van der Waals surface area contributed by atoms with E-state index in [-0.39, 0.29) is 5.28 Å². The van der Waals surface area contributed by atoms with Crippen molar-refractivity contribution < 1.29 is 9.13 Å². The highest BCUT2D eigenvalue weighted by molar-refractivity contribution is 9.11. The summed E-state index contributed by atoms with van der Waals surface area (Å²) in [7, 11) is 0. The molecule has 124 valence electrons. The predicted molar refractivity (Wildman–Crippen MR) is 98.0 cm³/mol. The SMILES string of the molecule is C=CC1=C(C(=C)Br)COCCN1c1nc(Cl)nc2cccc(F)c12. The molecule has 0 saturated heterocycles. The number of hydrogen-bond donors (Lipinski definition) is 0. The third kappa shape index (κ3) is 3.09. The van der Waals surface area contributed by atoms with Crippen molar-refractivity contribution in [3.63, 3.8) is 0 Å². The molecule has 4 nitrogen and oxygen atoms in total. The fraction of sp³-hybridized carbons (Fsp3) is 0.176. The highest BCUT2D eigenvalue weighted by Crippen LogP contribution is 2.33. The van der Waals surface area contributed by atoms with Crippen LogP contribution in [0, 0.1) is 5.82 Å².